The smallest absolute Gasteiger partial charge is 0.224 e. The van der Waals surface area contributed by atoms with Crippen LogP contribution in [-0.4, -0.2) is 41.6 Å². The number of carbonyl (C=O) groups excluding carboxylic acids is 1. The minimum absolute atomic E-state index is 0. The number of thiophene rings is 1. The van der Waals surface area contributed by atoms with Crippen LogP contribution in [0.3, 0.4) is 0 Å². The van der Waals surface area contributed by atoms with Gasteiger partial charge in [-0.05, 0) is 43.0 Å². The summed E-state index contributed by atoms with van der Waals surface area (Å²) in [6.45, 7) is 2.25. The highest BCUT2D eigenvalue weighted by molar-refractivity contribution is 7.16. The molecule has 4 rings (SSSR count). The molecule has 2 unspecified atom stereocenters. The molecule has 1 amide bonds. The molecule has 2 aromatic heterocycles. The highest BCUT2D eigenvalue weighted by atomic mass is 35.5. The van der Waals surface area contributed by atoms with Gasteiger partial charge >= 0.3 is 0 Å². The Morgan fingerprint density at radius 3 is 3.04 bits per heavy atom. The second kappa shape index (κ2) is 7.85. The van der Waals surface area contributed by atoms with Crippen molar-refractivity contribution in [3.8, 4) is 0 Å². The number of hydrogen-bond donors (Lipinski definition) is 2. The Labute approximate surface area is 157 Å². The first-order valence-electron chi connectivity index (χ1n) is 8.69. The van der Waals surface area contributed by atoms with E-state index < -0.39 is 0 Å². The summed E-state index contributed by atoms with van der Waals surface area (Å²) in [5.41, 5.74) is 6.08. The van der Waals surface area contributed by atoms with Crippen molar-refractivity contribution in [2.45, 2.75) is 31.7 Å². The van der Waals surface area contributed by atoms with E-state index in [0.29, 0.717) is 19.0 Å². The van der Waals surface area contributed by atoms with Crippen LogP contribution in [0.5, 0.6) is 0 Å². The van der Waals surface area contributed by atoms with Gasteiger partial charge in [0.1, 0.15) is 17.0 Å². The third-order valence-corrected chi connectivity index (χ3v) is 5.89. The third-order valence-electron chi connectivity index (χ3n) is 5.07. The Morgan fingerprint density at radius 2 is 2.24 bits per heavy atom. The zero-order valence-electron chi connectivity index (χ0n) is 14.1. The van der Waals surface area contributed by atoms with Gasteiger partial charge in [0.2, 0.25) is 5.91 Å². The van der Waals surface area contributed by atoms with Crippen molar-refractivity contribution < 1.29 is 4.79 Å². The number of carbonyl (C=O) groups is 1. The summed E-state index contributed by atoms with van der Waals surface area (Å²) in [5.74, 6) is 1.70. The van der Waals surface area contributed by atoms with Crippen LogP contribution in [0, 0.1) is 11.8 Å². The second-order valence-electron chi connectivity index (χ2n) is 6.87. The number of nitrogens with one attached hydrogen (secondary N) is 1. The predicted octanol–water partition coefficient (Wildman–Crippen LogP) is 2.18. The SMILES string of the molecule is Cl.NC(CNC(=O)C1CCCN(c2ncnc3sccc23)C1)C1CC1. The lowest BCUT2D eigenvalue weighted by atomic mass is 9.96. The molecule has 0 bridgehead atoms. The third kappa shape index (κ3) is 4.04. The molecule has 6 nitrogen and oxygen atoms in total. The van der Waals surface area contributed by atoms with Crippen molar-refractivity contribution >= 4 is 45.7 Å². The van der Waals surface area contributed by atoms with Crippen molar-refractivity contribution in [1.29, 1.82) is 0 Å². The average molecular weight is 382 g/mol. The van der Waals surface area contributed by atoms with Crippen LogP contribution in [-0.2, 0) is 4.79 Å². The summed E-state index contributed by atoms with van der Waals surface area (Å²) in [7, 11) is 0. The molecule has 3 N–H and O–H groups in total. The number of amides is 1. The minimum Gasteiger partial charge on any atom is -0.355 e. The van der Waals surface area contributed by atoms with Gasteiger partial charge in [0.05, 0.1) is 11.3 Å². The number of hydrogen-bond acceptors (Lipinski definition) is 6. The maximum atomic E-state index is 12.5. The molecule has 1 aliphatic carbocycles. The van der Waals surface area contributed by atoms with Gasteiger partial charge in [0.25, 0.3) is 0 Å². The van der Waals surface area contributed by atoms with Gasteiger partial charge in [0.15, 0.2) is 0 Å². The fourth-order valence-corrected chi connectivity index (χ4v) is 4.19. The Balaban J connectivity index is 0.00000182. The van der Waals surface area contributed by atoms with Gasteiger partial charge in [-0.25, -0.2) is 9.97 Å². The monoisotopic (exact) mass is 381 g/mol. The molecule has 2 fully saturated rings. The molecule has 0 spiro atoms. The molecular formula is C17H24ClN5OS. The molecule has 25 heavy (non-hydrogen) atoms. The van der Waals surface area contributed by atoms with E-state index in [0.717, 1.165) is 35.4 Å². The number of fused-ring (bicyclic) bond motifs is 1. The van der Waals surface area contributed by atoms with Crippen LogP contribution in [0.4, 0.5) is 5.82 Å². The Bertz CT molecular complexity index is 735. The molecule has 8 heteroatoms. The van der Waals surface area contributed by atoms with Gasteiger partial charge in [-0.3, -0.25) is 4.79 Å². The van der Waals surface area contributed by atoms with Crippen molar-refractivity contribution in [3.05, 3.63) is 17.8 Å². The predicted molar refractivity (Wildman–Crippen MR) is 103 cm³/mol. The molecule has 2 aliphatic rings. The van der Waals surface area contributed by atoms with Crippen LogP contribution < -0.4 is 16.0 Å². The summed E-state index contributed by atoms with van der Waals surface area (Å²) >= 11 is 1.62. The first kappa shape index (κ1) is 18.4. The van der Waals surface area contributed by atoms with Crippen molar-refractivity contribution in [2.24, 2.45) is 17.6 Å². The number of piperidine rings is 1. The number of anilines is 1. The van der Waals surface area contributed by atoms with Crippen LogP contribution in [0.2, 0.25) is 0 Å². The van der Waals surface area contributed by atoms with E-state index >= 15 is 0 Å². The fraction of sp³-hybridized carbons (Fsp3) is 0.588. The zero-order chi connectivity index (χ0) is 16.5. The van der Waals surface area contributed by atoms with E-state index in [1.54, 1.807) is 17.7 Å². The second-order valence-corrected chi connectivity index (χ2v) is 7.76. The largest absolute Gasteiger partial charge is 0.355 e. The van der Waals surface area contributed by atoms with E-state index in [1.807, 2.05) is 5.38 Å². The van der Waals surface area contributed by atoms with Crippen LogP contribution in [0.25, 0.3) is 10.2 Å². The lowest BCUT2D eigenvalue weighted by Gasteiger charge is -2.33. The molecule has 136 valence electrons. The quantitative estimate of drug-likeness (QED) is 0.829. The average Bonchev–Trinajstić information content (AvgIpc) is 3.36. The Hall–Kier alpha value is -1.44. The molecule has 2 aromatic rings. The molecular weight excluding hydrogens is 358 g/mol. The Kier molecular flexibility index (Phi) is 5.76. The first-order valence-corrected chi connectivity index (χ1v) is 9.57. The molecule has 1 saturated heterocycles. The standard InChI is InChI=1S/C17H23N5OS.ClH/c18-14(11-3-4-11)8-19-16(23)12-2-1-6-22(9-12)15-13-5-7-24-17(13)21-10-20-15;/h5,7,10-12,14H,1-4,6,8-9,18H2,(H,19,23);1H. The van der Waals surface area contributed by atoms with Crippen molar-refractivity contribution in [1.82, 2.24) is 15.3 Å². The molecule has 0 aromatic carbocycles. The molecule has 3 heterocycles. The lowest BCUT2D eigenvalue weighted by Crippen LogP contribution is -2.46. The van der Waals surface area contributed by atoms with E-state index in [2.05, 4.69) is 26.3 Å². The fourth-order valence-electron chi connectivity index (χ4n) is 3.47. The van der Waals surface area contributed by atoms with Crippen LogP contribution >= 0.6 is 23.7 Å². The summed E-state index contributed by atoms with van der Waals surface area (Å²) < 4.78 is 0. The van der Waals surface area contributed by atoms with Crippen molar-refractivity contribution in [2.75, 3.05) is 24.5 Å². The summed E-state index contributed by atoms with van der Waals surface area (Å²) in [6, 6.07) is 2.18. The highest BCUT2D eigenvalue weighted by Crippen LogP contribution is 2.32. The summed E-state index contributed by atoms with van der Waals surface area (Å²) in [6.07, 6.45) is 5.96. The zero-order valence-corrected chi connectivity index (χ0v) is 15.7. The van der Waals surface area contributed by atoms with E-state index in [1.165, 1.54) is 12.8 Å². The van der Waals surface area contributed by atoms with E-state index in [9.17, 15) is 4.79 Å². The normalized spacial score (nSPS) is 21.6. The number of rotatable bonds is 5. The molecule has 1 saturated carbocycles. The first-order chi connectivity index (χ1) is 11.7. The molecule has 0 radical (unpaired) electrons. The van der Waals surface area contributed by atoms with Gasteiger partial charge in [-0.1, -0.05) is 0 Å². The summed E-state index contributed by atoms with van der Waals surface area (Å²) in [5, 5.41) is 6.18. The number of aromatic nitrogens is 2. The molecule has 1 aliphatic heterocycles. The minimum atomic E-state index is 0. The Morgan fingerprint density at radius 1 is 1.40 bits per heavy atom. The van der Waals surface area contributed by atoms with Gasteiger partial charge < -0.3 is 16.0 Å². The number of nitrogens with zero attached hydrogens (tertiary/aromatic N) is 3. The van der Waals surface area contributed by atoms with Gasteiger partial charge in [-0.15, -0.1) is 23.7 Å². The topological polar surface area (TPSA) is 84.1 Å². The van der Waals surface area contributed by atoms with Crippen LogP contribution in [0.15, 0.2) is 17.8 Å². The van der Waals surface area contributed by atoms with E-state index in [-0.39, 0.29) is 30.3 Å². The van der Waals surface area contributed by atoms with Crippen molar-refractivity contribution in [3.63, 3.8) is 0 Å². The lowest BCUT2D eigenvalue weighted by molar-refractivity contribution is -0.125. The highest BCUT2D eigenvalue weighted by Gasteiger charge is 2.31. The van der Waals surface area contributed by atoms with Gasteiger partial charge in [-0.2, -0.15) is 0 Å². The van der Waals surface area contributed by atoms with E-state index in [4.69, 9.17) is 5.73 Å². The maximum Gasteiger partial charge on any atom is 0.224 e. The molecule has 2 atom stereocenters. The number of nitrogens with two attached hydrogens (primary N) is 1. The number of halogens is 1. The van der Waals surface area contributed by atoms with Gasteiger partial charge in [0, 0.05) is 25.7 Å². The summed E-state index contributed by atoms with van der Waals surface area (Å²) in [4.78, 5) is 24.5. The maximum absolute atomic E-state index is 12.5. The van der Waals surface area contributed by atoms with Crippen LogP contribution in [0.1, 0.15) is 25.7 Å².